The van der Waals surface area contributed by atoms with Crippen LogP contribution < -0.4 is 0 Å². The summed E-state index contributed by atoms with van der Waals surface area (Å²) >= 11 is 0. The molecule has 0 aromatic rings. The van der Waals surface area contributed by atoms with E-state index in [1.54, 1.807) is 0 Å². The van der Waals surface area contributed by atoms with Crippen molar-refractivity contribution in [3.8, 4) is 0 Å². The van der Waals surface area contributed by atoms with Crippen LogP contribution in [-0.2, 0) is 4.74 Å². The molecule has 3 unspecified atom stereocenters. The van der Waals surface area contributed by atoms with Crippen molar-refractivity contribution >= 4 is 0 Å². The van der Waals surface area contributed by atoms with Crippen LogP contribution in [0.15, 0.2) is 0 Å². The summed E-state index contributed by atoms with van der Waals surface area (Å²) in [7, 11) is 0. The van der Waals surface area contributed by atoms with Crippen LogP contribution in [0.2, 0.25) is 0 Å². The topological polar surface area (TPSA) is 32.7 Å². The van der Waals surface area contributed by atoms with E-state index in [4.69, 9.17) is 4.74 Å². The van der Waals surface area contributed by atoms with Gasteiger partial charge >= 0.3 is 0 Å². The van der Waals surface area contributed by atoms with Gasteiger partial charge in [-0.25, -0.2) is 0 Å². The molecule has 1 aliphatic rings. The van der Waals surface area contributed by atoms with E-state index < -0.39 is 0 Å². The Morgan fingerprint density at radius 2 is 2.21 bits per heavy atom. The van der Waals surface area contributed by atoms with Crippen molar-refractivity contribution in [1.82, 2.24) is 4.90 Å². The lowest BCUT2D eigenvalue weighted by Crippen LogP contribution is -2.49. The fourth-order valence-corrected chi connectivity index (χ4v) is 1.92. The Labute approximate surface area is 87.1 Å². The zero-order valence-corrected chi connectivity index (χ0v) is 9.57. The minimum atomic E-state index is -0.173. The van der Waals surface area contributed by atoms with E-state index in [2.05, 4.69) is 25.7 Å². The van der Waals surface area contributed by atoms with Gasteiger partial charge in [-0.3, -0.25) is 4.90 Å². The van der Waals surface area contributed by atoms with Crippen LogP contribution in [0.3, 0.4) is 0 Å². The first kappa shape index (κ1) is 12.0. The number of nitrogens with zero attached hydrogens (tertiary/aromatic N) is 1. The molecule has 3 atom stereocenters. The molecule has 1 aliphatic heterocycles. The van der Waals surface area contributed by atoms with Crippen molar-refractivity contribution in [3.05, 3.63) is 0 Å². The monoisotopic (exact) mass is 201 g/mol. The van der Waals surface area contributed by atoms with Crippen molar-refractivity contribution in [2.75, 3.05) is 19.7 Å². The lowest BCUT2D eigenvalue weighted by Gasteiger charge is -2.37. The van der Waals surface area contributed by atoms with E-state index in [0.717, 1.165) is 32.5 Å². The Hall–Kier alpha value is -0.120. The highest BCUT2D eigenvalue weighted by Crippen LogP contribution is 2.12. The van der Waals surface area contributed by atoms with E-state index in [0.29, 0.717) is 12.1 Å². The van der Waals surface area contributed by atoms with Gasteiger partial charge in [0.25, 0.3) is 0 Å². The fraction of sp³-hybridized carbons (Fsp3) is 1.00. The number of β-amino-alcohol motifs (C(OH)–C–C–N with tert-alkyl or cyclic N) is 1. The SMILES string of the molecule is CCCC(O)CN1CC(C)OCC1C. The van der Waals surface area contributed by atoms with Crippen LogP contribution in [0, 0.1) is 0 Å². The molecule has 1 saturated heterocycles. The molecule has 1 fully saturated rings. The normalized spacial score (nSPS) is 31.7. The summed E-state index contributed by atoms with van der Waals surface area (Å²) in [6.07, 6.45) is 2.08. The molecule has 3 heteroatoms. The van der Waals surface area contributed by atoms with Gasteiger partial charge in [0.05, 0.1) is 18.8 Å². The minimum absolute atomic E-state index is 0.173. The highest BCUT2D eigenvalue weighted by molar-refractivity contribution is 4.77. The van der Waals surface area contributed by atoms with Crippen LogP contribution in [0.1, 0.15) is 33.6 Å². The molecular weight excluding hydrogens is 178 g/mol. The molecule has 0 amide bonds. The summed E-state index contributed by atoms with van der Waals surface area (Å²) in [5, 5.41) is 9.72. The van der Waals surface area contributed by atoms with Crippen molar-refractivity contribution in [2.45, 2.75) is 51.9 Å². The van der Waals surface area contributed by atoms with Crippen molar-refractivity contribution in [2.24, 2.45) is 0 Å². The average Bonchev–Trinajstić information content (AvgIpc) is 2.12. The van der Waals surface area contributed by atoms with E-state index in [1.807, 2.05) is 0 Å². The number of morpholine rings is 1. The van der Waals surface area contributed by atoms with Crippen LogP contribution in [0.25, 0.3) is 0 Å². The highest BCUT2D eigenvalue weighted by atomic mass is 16.5. The zero-order valence-electron chi connectivity index (χ0n) is 9.57. The van der Waals surface area contributed by atoms with Gasteiger partial charge in [0.2, 0.25) is 0 Å². The van der Waals surface area contributed by atoms with Gasteiger partial charge in [0.15, 0.2) is 0 Å². The Balaban J connectivity index is 2.33. The van der Waals surface area contributed by atoms with Gasteiger partial charge in [-0.2, -0.15) is 0 Å². The number of aliphatic hydroxyl groups excluding tert-OH is 1. The first-order valence-corrected chi connectivity index (χ1v) is 5.67. The number of ether oxygens (including phenoxy) is 1. The second-order valence-electron chi connectivity index (χ2n) is 4.39. The van der Waals surface area contributed by atoms with Gasteiger partial charge in [-0.15, -0.1) is 0 Å². The lowest BCUT2D eigenvalue weighted by molar-refractivity contribution is -0.0622. The Morgan fingerprint density at radius 1 is 1.50 bits per heavy atom. The number of rotatable bonds is 4. The summed E-state index contributed by atoms with van der Waals surface area (Å²) in [5.41, 5.74) is 0. The maximum atomic E-state index is 9.72. The molecular formula is C11H23NO2. The molecule has 0 spiro atoms. The largest absolute Gasteiger partial charge is 0.392 e. The molecule has 14 heavy (non-hydrogen) atoms. The van der Waals surface area contributed by atoms with Crippen molar-refractivity contribution < 1.29 is 9.84 Å². The van der Waals surface area contributed by atoms with Crippen molar-refractivity contribution in [1.29, 1.82) is 0 Å². The molecule has 1 heterocycles. The third-order valence-electron chi connectivity index (χ3n) is 2.80. The number of hydrogen-bond donors (Lipinski definition) is 1. The molecule has 0 aromatic carbocycles. The molecule has 0 radical (unpaired) electrons. The third kappa shape index (κ3) is 3.56. The Bertz CT molecular complexity index is 163. The standard InChI is InChI=1S/C11H23NO2/c1-4-5-11(13)7-12-6-10(3)14-8-9(12)2/h9-11,13H,4-8H2,1-3H3. The second-order valence-corrected chi connectivity index (χ2v) is 4.39. The summed E-state index contributed by atoms with van der Waals surface area (Å²) in [5.74, 6) is 0. The molecule has 84 valence electrons. The predicted octanol–water partition coefficient (Wildman–Crippen LogP) is 1.26. The van der Waals surface area contributed by atoms with Crippen molar-refractivity contribution in [3.63, 3.8) is 0 Å². The van der Waals surface area contributed by atoms with E-state index >= 15 is 0 Å². The van der Waals surface area contributed by atoms with Gasteiger partial charge in [0.1, 0.15) is 0 Å². The first-order valence-electron chi connectivity index (χ1n) is 5.67. The molecule has 1 N–H and O–H groups in total. The maximum absolute atomic E-state index is 9.72. The highest BCUT2D eigenvalue weighted by Gasteiger charge is 2.24. The fourth-order valence-electron chi connectivity index (χ4n) is 1.92. The summed E-state index contributed by atoms with van der Waals surface area (Å²) in [6.45, 7) is 8.88. The molecule has 1 rings (SSSR count). The van der Waals surface area contributed by atoms with Crippen LogP contribution in [-0.4, -0.2) is 48.0 Å². The van der Waals surface area contributed by atoms with Crippen LogP contribution >= 0.6 is 0 Å². The molecule has 0 bridgehead atoms. The van der Waals surface area contributed by atoms with E-state index in [9.17, 15) is 5.11 Å². The van der Waals surface area contributed by atoms with Crippen LogP contribution in [0.4, 0.5) is 0 Å². The van der Waals surface area contributed by atoms with Gasteiger partial charge < -0.3 is 9.84 Å². The smallest absolute Gasteiger partial charge is 0.0674 e. The Kier molecular flexibility index (Phi) is 4.85. The summed E-state index contributed by atoms with van der Waals surface area (Å²) in [4.78, 5) is 2.33. The molecule has 0 saturated carbocycles. The number of aliphatic hydroxyl groups is 1. The quantitative estimate of drug-likeness (QED) is 0.743. The number of hydrogen-bond acceptors (Lipinski definition) is 3. The van der Waals surface area contributed by atoms with E-state index in [-0.39, 0.29) is 6.10 Å². The molecule has 3 nitrogen and oxygen atoms in total. The maximum Gasteiger partial charge on any atom is 0.0674 e. The summed E-state index contributed by atoms with van der Waals surface area (Å²) in [6, 6.07) is 0.442. The average molecular weight is 201 g/mol. The van der Waals surface area contributed by atoms with Gasteiger partial charge in [0, 0.05) is 19.1 Å². The minimum Gasteiger partial charge on any atom is -0.392 e. The molecule has 0 aliphatic carbocycles. The van der Waals surface area contributed by atoms with E-state index in [1.165, 1.54) is 0 Å². The van der Waals surface area contributed by atoms with Crippen LogP contribution in [0.5, 0.6) is 0 Å². The first-order chi connectivity index (χ1) is 6.63. The predicted molar refractivity (Wildman–Crippen MR) is 57.4 cm³/mol. The third-order valence-corrected chi connectivity index (χ3v) is 2.80. The second kappa shape index (κ2) is 5.69. The molecule has 0 aromatic heterocycles. The lowest BCUT2D eigenvalue weighted by atomic mass is 10.1. The summed E-state index contributed by atoms with van der Waals surface area (Å²) < 4.78 is 5.54. The van der Waals surface area contributed by atoms with Gasteiger partial charge in [-0.05, 0) is 20.3 Å². The zero-order chi connectivity index (χ0) is 10.6. The Morgan fingerprint density at radius 3 is 2.86 bits per heavy atom. The van der Waals surface area contributed by atoms with Gasteiger partial charge in [-0.1, -0.05) is 13.3 Å².